The van der Waals surface area contributed by atoms with Gasteiger partial charge in [0, 0.05) is 32.8 Å². The molecule has 0 spiro atoms. The number of anilines is 1. The second kappa shape index (κ2) is 5.52. The molecule has 0 aliphatic heterocycles. The maximum Gasteiger partial charge on any atom is 0.0620 e. The van der Waals surface area contributed by atoms with Gasteiger partial charge in [0.15, 0.2) is 0 Å². The van der Waals surface area contributed by atoms with Crippen LogP contribution < -0.4 is 5.73 Å². The van der Waals surface area contributed by atoms with Crippen molar-refractivity contribution in [2.24, 2.45) is 0 Å². The number of hydrogen-bond donors (Lipinski definition) is 1. The molecule has 0 aliphatic carbocycles. The lowest BCUT2D eigenvalue weighted by atomic mass is 9.97. The molecular formula is C28H18N2. The van der Waals surface area contributed by atoms with Gasteiger partial charge in [-0.3, -0.25) is 0 Å². The molecule has 2 heteroatoms. The van der Waals surface area contributed by atoms with Gasteiger partial charge in [0.25, 0.3) is 0 Å². The highest BCUT2D eigenvalue weighted by Gasteiger charge is 2.17. The van der Waals surface area contributed by atoms with Crippen molar-refractivity contribution >= 4 is 54.6 Å². The van der Waals surface area contributed by atoms with Crippen molar-refractivity contribution in [1.29, 1.82) is 0 Å². The van der Waals surface area contributed by atoms with E-state index in [1.165, 1.54) is 48.9 Å². The number of aromatic nitrogens is 1. The number of rotatable bonds is 1. The molecule has 30 heavy (non-hydrogen) atoms. The first-order chi connectivity index (χ1) is 14.8. The second-order valence-electron chi connectivity index (χ2n) is 8.08. The van der Waals surface area contributed by atoms with Gasteiger partial charge in [0.2, 0.25) is 0 Å². The van der Waals surface area contributed by atoms with Crippen molar-refractivity contribution in [2.75, 3.05) is 5.73 Å². The predicted octanol–water partition coefficient (Wildman–Crippen LogP) is 7.24. The molecule has 0 saturated carbocycles. The summed E-state index contributed by atoms with van der Waals surface area (Å²) in [4.78, 5) is 0. The first-order valence-corrected chi connectivity index (χ1v) is 10.3. The molecule has 2 aromatic heterocycles. The summed E-state index contributed by atoms with van der Waals surface area (Å²) in [5.41, 5.74) is 13.3. The van der Waals surface area contributed by atoms with E-state index < -0.39 is 0 Å². The van der Waals surface area contributed by atoms with Crippen LogP contribution in [0.2, 0.25) is 0 Å². The summed E-state index contributed by atoms with van der Waals surface area (Å²) in [6.45, 7) is 0. The van der Waals surface area contributed by atoms with Crippen molar-refractivity contribution in [3.05, 3.63) is 97.1 Å². The molecule has 0 bridgehead atoms. The van der Waals surface area contributed by atoms with Gasteiger partial charge in [-0.25, -0.2) is 0 Å². The number of nitrogen functional groups attached to an aromatic ring is 1. The van der Waals surface area contributed by atoms with Gasteiger partial charge in [0.05, 0.1) is 16.6 Å². The van der Waals surface area contributed by atoms with Gasteiger partial charge < -0.3 is 10.1 Å². The highest BCUT2D eigenvalue weighted by atomic mass is 14.9. The Labute approximate surface area is 173 Å². The van der Waals surface area contributed by atoms with Crippen LogP contribution in [0.25, 0.3) is 60.0 Å². The van der Waals surface area contributed by atoms with Crippen LogP contribution in [0, 0.1) is 0 Å². The minimum absolute atomic E-state index is 0.812. The number of benzene rings is 5. The molecule has 0 unspecified atom stereocenters. The van der Waals surface area contributed by atoms with Crippen LogP contribution in [0.3, 0.4) is 0 Å². The Hall–Kier alpha value is -4.04. The number of nitrogens with two attached hydrogens (primary N) is 1. The van der Waals surface area contributed by atoms with Gasteiger partial charge in [-0.15, -0.1) is 0 Å². The predicted molar refractivity (Wildman–Crippen MR) is 128 cm³/mol. The van der Waals surface area contributed by atoms with E-state index in [0.717, 1.165) is 16.8 Å². The van der Waals surface area contributed by atoms with E-state index in [2.05, 4.69) is 95.4 Å². The van der Waals surface area contributed by atoms with Crippen molar-refractivity contribution in [3.8, 4) is 11.1 Å². The lowest BCUT2D eigenvalue weighted by Gasteiger charge is -2.09. The smallest absolute Gasteiger partial charge is 0.0620 e. The SMILES string of the molecule is Nc1cc2cc3c(cc2cc1-c1ccccc1)c1cccc2c4ccccc4n3c21. The highest BCUT2D eigenvalue weighted by Crippen LogP contribution is 2.41. The maximum atomic E-state index is 6.49. The molecule has 0 aliphatic rings. The zero-order chi connectivity index (χ0) is 19.8. The van der Waals surface area contributed by atoms with Crippen LogP contribution in [0.1, 0.15) is 0 Å². The van der Waals surface area contributed by atoms with Crippen molar-refractivity contribution < 1.29 is 0 Å². The number of para-hydroxylation sites is 2. The van der Waals surface area contributed by atoms with E-state index in [-0.39, 0.29) is 0 Å². The molecule has 7 aromatic rings. The molecule has 2 N–H and O–H groups in total. The van der Waals surface area contributed by atoms with E-state index in [4.69, 9.17) is 5.73 Å². The standard InChI is InChI=1S/C28H18N2/c29-25-15-19-16-27-24(14-18(19)13-23(25)17-7-2-1-3-8-17)22-11-6-10-21-20-9-4-5-12-26(20)30(27)28(21)22/h1-16H,29H2. The van der Waals surface area contributed by atoms with E-state index in [9.17, 15) is 0 Å². The van der Waals surface area contributed by atoms with Crippen molar-refractivity contribution in [3.63, 3.8) is 0 Å². The summed E-state index contributed by atoms with van der Waals surface area (Å²) in [6.07, 6.45) is 0. The molecule has 0 atom stereocenters. The van der Waals surface area contributed by atoms with Crippen LogP contribution in [0.5, 0.6) is 0 Å². The van der Waals surface area contributed by atoms with Gasteiger partial charge in [0.1, 0.15) is 0 Å². The summed E-state index contributed by atoms with van der Waals surface area (Å²) in [7, 11) is 0. The Kier molecular flexibility index (Phi) is 2.91. The zero-order valence-electron chi connectivity index (χ0n) is 16.3. The summed E-state index contributed by atoms with van der Waals surface area (Å²) in [5.74, 6) is 0. The molecule has 7 rings (SSSR count). The Balaban J connectivity index is 1.65. The van der Waals surface area contributed by atoms with Gasteiger partial charge in [-0.1, -0.05) is 66.7 Å². The normalized spacial score (nSPS) is 12.1. The van der Waals surface area contributed by atoms with Crippen molar-refractivity contribution in [1.82, 2.24) is 4.40 Å². The highest BCUT2D eigenvalue weighted by molar-refractivity contribution is 6.24. The number of fused-ring (bicyclic) bond motifs is 7. The van der Waals surface area contributed by atoms with Crippen LogP contribution in [-0.2, 0) is 0 Å². The molecule has 5 aromatic carbocycles. The number of hydrogen-bond acceptors (Lipinski definition) is 1. The second-order valence-corrected chi connectivity index (χ2v) is 8.08. The van der Waals surface area contributed by atoms with Gasteiger partial charge in [-0.05, 0) is 46.7 Å². The van der Waals surface area contributed by atoms with E-state index in [1.54, 1.807) is 0 Å². The largest absolute Gasteiger partial charge is 0.398 e. The minimum Gasteiger partial charge on any atom is -0.398 e. The zero-order valence-corrected chi connectivity index (χ0v) is 16.3. The molecule has 0 amide bonds. The maximum absolute atomic E-state index is 6.49. The van der Waals surface area contributed by atoms with Gasteiger partial charge >= 0.3 is 0 Å². The average Bonchev–Trinajstić information content (AvgIpc) is 3.29. The molecular weight excluding hydrogens is 364 g/mol. The Morgan fingerprint density at radius 2 is 1.23 bits per heavy atom. The first-order valence-electron chi connectivity index (χ1n) is 10.3. The monoisotopic (exact) mass is 382 g/mol. The summed E-state index contributed by atoms with van der Waals surface area (Å²) < 4.78 is 2.41. The summed E-state index contributed by atoms with van der Waals surface area (Å²) in [5, 5.41) is 7.60. The Bertz CT molecular complexity index is 1740. The molecule has 0 radical (unpaired) electrons. The fraction of sp³-hybridized carbons (Fsp3) is 0. The summed E-state index contributed by atoms with van der Waals surface area (Å²) in [6, 6.07) is 34.7. The summed E-state index contributed by atoms with van der Waals surface area (Å²) >= 11 is 0. The van der Waals surface area contributed by atoms with Crippen LogP contribution in [0.4, 0.5) is 5.69 Å². The number of nitrogens with zero attached hydrogens (tertiary/aromatic N) is 1. The third kappa shape index (κ3) is 1.93. The fourth-order valence-corrected chi connectivity index (χ4v) is 5.11. The molecule has 2 heterocycles. The molecule has 0 saturated heterocycles. The third-order valence-corrected chi connectivity index (χ3v) is 6.43. The van der Waals surface area contributed by atoms with Crippen LogP contribution >= 0.6 is 0 Å². The lowest BCUT2D eigenvalue weighted by Crippen LogP contribution is -1.91. The van der Waals surface area contributed by atoms with Crippen LogP contribution in [-0.4, -0.2) is 4.40 Å². The first kappa shape index (κ1) is 15.8. The van der Waals surface area contributed by atoms with E-state index in [1.807, 2.05) is 6.07 Å². The quantitative estimate of drug-likeness (QED) is 0.298. The van der Waals surface area contributed by atoms with E-state index >= 15 is 0 Å². The van der Waals surface area contributed by atoms with Crippen LogP contribution in [0.15, 0.2) is 97.1 Å². The Morgan fingerprint density at radius 3 is 2.10 bits per heavy atom. The Morgan fingerprint density at radius 1 is 0.533 bits per heavy atom. The topological polar surface area (TPSA) is 30.4 Å². The lowest BCUT2D eigenvalue weighted by molar-refractivity contribution is 1.37. The minimum atomic E-state index is 0.812. The third-order valence-electron chi connectivity index (χ3n) is 6.43. The average molecular weight is 382 g/mol. The van der Waals surface area contributed by atoms with Crippen molar-refractivity contribution in [2.45, 2.75) is 0 Å². The molecule has 140 valence electrons. The molecule has 2 nitrogen and oxygen atoms in total. The van der Waals surface area contributed by atoms with E-state index in [0.29, 0.717) is 0 Å². The van der Waals surface area contributed by atoms with Gasteiger partial charge in [-0.2, -0.15) is 0 Å². The fourth-order valence-electron chi connectivity index (χ4n) is 5.11. The molecule has 0 fully saturated rings.